The summed E-state index contributed by atoms with van der Waals surface area (Å²) in [5.74, 6) is 2.33. The summed E-state index contributed by atoms with van der Waals surface area (Å²) in [7, 11) is 3.29. The van der Waals surface area contributed by atoms with Crippen LogP contribution in [-0.2, 0) is 13.0 Å². The quantitative estimate of drug-likeness (QED) is 0.564. The first-order valence-corrected chi connectivity index (χ1v) is 10.8. The van der Waals surface area contributed by atoms with Crippen molar-refractivity contribution in [2.24, 2.45) is 11.5 Å². The van der Waals surface area contributed by atoms with E-state index in [1.54, 1.807) is 20.4 Å². The van der Waals surface area contributed by atoms with Crippen LogP contribution in [0.25, 0.3) is 0 Å². The van der Waals surface area contributed by atoms with Crippen molar-refractivity contribution in [3.63, 3.8) is 0 Å². The molecular weight excluding hydrogens is 402 g/mol. The van der Waals surface area contributed by atoms with Crippen LogP contribution in [0, 0.1) is 0 Å². The molecule has 0 bridgehead atoms. The average molecular weight is 434 g/mol. The Morgan fingerprint density at radius 2 is 1.62 bits per heavy atom. The molecule has 0 spiro atoms. The third-order valence-electron chi connectivity index (χ3n) is 5.91. The van der Waals surface area contributed by atoms with Crippen LogP contribution in [0.4, 0.5) is 5.82 Å². The van der Waals surface area contributed by atoms with Crippen LogP contribution in [0.2, 0.25) is 0 Å². The first-order chi connectivity index (χ1) is 15.6. The number of benzene rings is 2. The van der Waals surface area contributed by atoms with E-state index in [1.165, 1.54) is 5.56 Å². The lowest BCUT2D eigenvalue weighted by molar-refractivity contribution is 0.112. The molecule has 4 rings (SSSR count). The summed E-state index contributed by atoms with van der Waals surface area (Å²) in [5.41, 5.74) is 16.7. The van der Waals surface area contributed by atoms with Crippen molar-refractivity contribution in [1.29, 1.82) is 0 Å². The second-order valence-electron chi connectivity index (χ2n) is 7.95. The largest absolute Gasteiger partial charge is 0.497 e. The van der Waals surface area contributed by atoms with Gasteiger partial charge in [-0.3, -0.25) is 5.73 Å². The van der Waals surface area contributed by atoms with Crippen LogP contribution in [0.15, 0.2) is 66.9 Å². The molecule has 7 nitrogen and oxygen atoms in total. The highest BCUT2D eigenvalue weighted by atomic mass is 16.5. The molecule has 0 saturated carbocycles. The van der Waals surface area contributed by atoms with Crippen molar-refractivity contribution in [2.75, 3.05) is 25.7 Å². The Balaban J connectivity index is 1.57. The van der Waals surface area contributed by atoms with Crippen LogP contribution in [-0.4, -0.2) is 36.9 Å². The molecular formula is C25H31N5O2. The molecule has 2 atom stereocenters. The predicted octanol–water partition coefficient (Wildman–Crippen LogP) is 3.25. The molecule has 168 valence electrons. The fraction of sp³-hybridized carbons (Fsp3) is 0.320. The maximum absolute atomic E-state index is 6.77. The molecule has 0 amide bonds. The molecule has 4 N–H and O–H groups in total. The highest BCUT2D eigenvalue weighted by molar-refractivity contribution is 5.51. The summed E-state index contributed by atoms with van der Waals surface area (Å²) < 4.78 is 10.9. The molecule has 2 heterocycles. The van der Waals surface area contributed by atoms with Gasteiger partial charge in [-0.05, 0) is 42.2 Å². The van der Waals surface area contributed by atoms with Crippen LogP contribution in [0.5, 0.6) is 11.5 Å². The number of pyridine rings is 1. The van der Waals surface area contributed by atoms with E-state index in [0.29, 0.717) is 6.54 Å². The normalized spacial score (nSPS) is 18.3. The van der Waals surface area contributed by atoms with Gasteiger partial charge in [0.2, 0.25) is 0 Å². The zero-order valence-corrected chi connectivity index (χ0v) is 18.6. The molecule has 7 heteroatoms. The lowest BCUT2D eigenvalue weighted by atomic mass is 10.1. The van der Waals surface area contributed by atoms with Gasteiger partial charge < -0.3 is 20.1 Å². The van der Waals surface area contributed by atoms with Crippen molar-refractivity contribution in [3.8, 4) is 11.5 Å². The Hall–Kier alpha value is -3.13. The van der Waals surface area contributed by atoms with Gasteiger partial charge in [0.05, 0.1) is 20.4 Å². The number of aryl methyl sites for hydroxylation is 1. The summed E-state index contributed by atoms with van der Waals surface area (Å²) in [6, 6.07) is 20.3. The number of ether oxygens (including phenoxy) is 2. The van der Waals surface area contributed by atoms with Crippen molar-refractivity contribution in [3.05, 3.63) is 83.6 Å². The molecule has 0 saturated heterocycles. The number of fused-ring (bicyclic) bond motifs is 1. The standard InChI is InChI=1S/C25H31N5O2/c1-31-20-14-19(15-21(16-20)32-2)17-30-23(26)22-11-6-12-28-24(22)29(25(30)27)13-7-10-18-8-4-3-5-9-18/h3-6,8-9,11-12,14-16,23,25H,7,10,13,17,26-27H2,1-2H3. The third kappa shape index (κ3) is 4.70. The van der Waals surface area contributed by atoms with E-state index >= 15 is 0 Å². The molecule has 1 aromatic heterocycles. The van der Waals surface area contributed by atoms with E-state index in [0.717, 1.165) is 47.8 Å². The van der Waals surface area contributed by atoms with Crippen LogP contribution in [0.1, 0.15) is 29.3 Å². The van der Waals surface area contributed by atoms with Gasteiger partial charge in [-0.25, -0.2) is 9.88 Å². The number of methoxy groups -OCH3 is 2. The van der Waals surface area contributed by atoms with Gasteiger partial charge in [0.1, 0.15) is 23.6 Å². The molecule has 2 unspecified atom stereocenters. The Bertz CT molecular complexity index is 1010. The van der Waals surface area contributed by atoms with Crippen molar-refractivity contribution in [2.45, 2.75) is 31.8 Å². The minimum atomic E-state index is -0.402. The lowest BCUT2D eigenvalue weighted by Crippen LogP contribution is -2.60. The SMILES string of the molecule is COc1cc(CN2C(N)c3cccnc3N(CCCc3ccccc3)C2N)cc(OC)c1. The molecule has 0 fully saturated rings. The van der Waals surface area contributed by atoms with Crippen molar-refractivity contribution >= 4 is 5.82 Å². The van der Waals surface area contributed by atoms with Gasteiger partial charge in [0, 0.05) is 30.9 Å². The number of nitrogens with zero attached hydrogens (tertiary/aromatic N) is 3. The van der Waals surface area contributed by atoms with Gasteiger partial charge in [-0.2, -0.15) is 0 Å². The summed E-state index contributed by atoms with van der Waals surface area (Å²) in [5, 5.41) is 0. The van der Waals surface area contributed by atoms with E-state index in [9.17, 15) is 0 Å². The maximum Gasteiger partial charge on any atom is 0.137 e. The second-order valence-corrected chi connectivity index (χ2v) is 7.95. The molecule has 32 heavy (non-hydrogen) atoms. The minimum absolute atomic E-state index is 0.365. The highest BCUT2D eigenvalue weighted by Gasteiger charge is 2.36. The van der Waals surface area contributed by atoms with Gasteiger partial charge in [0.25, 0.3) is 0 Å². The number of aromatic nitrogens is 1. The molecule has 3 aromatic rings. The smallest absolute Gasteiger partial charge is 0.137 e. The van der Waals surface area contributed by atoms with Crippen molar-refractivity contribution in [1.82, 2.24) is 9.88 Å². The first kappa shape index (κ1) is 22.1. The summed E-state index contributed by atoms with van der Waals surface area (Å²) in [6.45, 7) is 1.34. The van der Waals surface area contributed by atoms with Gasteiger partial charge >= 0.3 is 0 Å². The Morgan fingerprint density at radius 3 is 2.31 bits per heavy atom. The number of anilines is 1. The number of nitrogens with two attached hydrogens (primary N) is 2. The topological polar surface area (TPSA) is 89.9 Å². The highest BCUT2D eigenvalue weighted by Crippen LogP contribution is 2.35. The molecule has 0 aliphatic carbocycles. The van der Waals surface area contributed by atoms with Crippen molar-refractivity contribution < 1.29 is 9.47 Å². The number of rotatable bonds is 8. The van der Waals surface area contributed by atoms with Gasteiger partial charge in [-0.1, -0.05) is 36.4 Å². The van der Waals surface area contributed by atoms with Crippen LogP contribution in [0.3, 0.4) is 0 Å². The Morgan fingerprint density at radius 1 is 0.906 bits per heavy atom. The van der Waals surface area contributed by atoms with E-state index < -0.39 is 6.29 Å². The molecule has 1 aliphatic heterocycles. The fourth-order valence-electron chi connectivity index (χ4n) is 4.22. The van der Waals surface area contributed by atoms with E-state index in [1.807, 2.05) is 36.4 Å². The molecule has 1 aliphatic rings. The fourth-order valence-corrected chi connectivity index (χ4v) is 4.22. The summed E-state index contributed by atoms with van der Waals surface area (Å²) >= 11 is 0. The number of hydrogen-bond acceptors (Lipinski definition) is 7. The average Bonchev–Trinajstić information content (AvgIpc) is 2.84. The first-order valence-electron chi connectivity index (χ1n) is 10.8. The van der Waals surface area contributed by atoms with E-state index in [-0.39, 0.29) is 6.17 Å². The van der Waals surface area contributed by atoms with Crippen LogP contribution < -0.4 is 25.8 Å². The molecule has 2 aromatic carbocycles. The third-order valence-corrected chi connectivity index (χ3v) is 5.91. The van der Waals surface area contributed by atoms with Gasteiger partial charge in [-0.15, -0.1) is 0 Å². The molecule has 0 radical (unpaired) electrons. The minimum Gasteiger partial charge on any atom is -0.497 e. The van der Waals surface area contributed by atoms with Gasteiger partial charge in [0.15, 0.2) is 0 Å². The van der Waals surface area contributed by atoms with E-state index in [4.69, 9.17) is 20.9 Å². The maximum atomic E-state index is 6.77. The summed E-state index contributed by atoms with van der Waals surface area (Å²) in [6.07, 6.45) is 2.97. The monoisotopic (exact) mass is 433 g/mol. The Labute approximate surface area is 189 Å². The van der Waals surface area contributed by atoms with Crippen LogP contribution >= 0.6 is 0 Å². The second kappa shape index (κ2) is 9.99. The zero-order chi connectivity index (χ0) is 22.5. The number of hydrogen-bond donors (Lipinski definition) is 2. The zero-order valence-electron chi connectivity index (χ0n) is 18.6. The predicted molar refractivity (Wildman–Crippen MR) is 126 cm³/mol. The van der Waals surface area contributed by atoms with E-state index in [2.05, 4.69) is 39.0 Å². The lowest BCUT2D eigenvalue weighted by Gasteiger charge is -2.46. The Kier molecular flexibility index (Phi) is 6.90. The summed E-state index contributed by atoms with van der Waals surface area (Å²) in [4.78, 5) is 8.86.